The first-order chi connectivity index (χ1) is 9.45. The molecule has 0 spiro atoms. The molecule has 0 saturated carbocycles. The van der Waals surface area contributed by atoms with Gasteiger partial charge in [0.1, 0.15) is 0 Å². The fourth-order valence-electron chi connectivity index (χ4n) is 3.63. The summed E-state index contributed by atoms with van der Waals surface area (Å²) in [4.78, 5) is 0. The van der Waals surface area contributed by atoms with E-state index in [1.54, 1.807) is 5.57 Å². The summed E-state index contributed by atoms with van der Waals surface area (Å²) in [6.07, 6.45) is 25.6. The smallest absolute Gasteiger partial charge is 0.0252 e. The van der Waals surface area contributed by atoms with Gasteiger partial charge in [-0.05, 0) is 48.0 Å². The predicted molar refractivity (Wildman–Crippen MR) is 80.7 cm³/mol. The van der Waals surface area contributed by atoms with E-state index in [2.05, 4.69) is 54.7 Å². The van der Waals surface area contributed by atoms with E-state index in [1.807, 2.05) is 0 Å². The molecule has 0 bridgehead atoms. The molecule has 0 aromatic heterocycles. The third kappa shape index (κ3) is 1.67. The highest BCUT2D eigenvalue weighted by Gasteiger charge is 2.34. The number of rotatable bonds is 0. The van der Waals surface area contributed by atoms with Crippen LogP contribution in [0.5, 0.6) is 0 Å². The lowest BCUT2D eigenvalue weighted by Gasteiger charge is -2.13. The molecule has 0 fully saturated rings. The van der Waals surface area contributed by atoms with Crippen molar-refractivity contribution >= 4 is 0 Å². The van der Waals surface area contributed by atoms with Gasteiger partial charge in [0.25, 0.3) is 0 Å². The van der Waals surface area contributed by atoms with Crippen molar-refractivity contribution in [3.05, 3.63) is 82.5 Å². The third-order valence-corrected chi connectivity index (χ3v) is 4.50. The molecule has 19 heavy (non-hydrogen) atoms. The SMILES string of the molecule is C1=C/C=C2/C=CC3C4=C(/C=C\CCCC4)C(=C23)C=C1. The second kappa shape index (κ2) is 4.38. The van der Waals surface area contributed by atoms with Gasteiger partial charge in [-0.2, -0.15) is 0 Å². The van der Waals surface area contributed by atoms with Crippen LogP contribution in [0.3, 0.4) is 0 Å². The van der Waals surface area contributed by atoms with Gasteiger partial charge in [0.05, 0.1) is 0 Å². The van der Waals surface area contributed by atoms with E-state index in [0.717, 1.165) is 0 Å². The molecule has 0 aliphatic heterocycles. The quantitative estimate of drug-likeness (QED) is 0.566. The van der Waals surface area contributed by atoms with Crippen LogP contribution >= 0.6 is 0 Å². The van der Waals surface area contributed by atoms with Crippen LogP contribution in [0.4, 0.5) is 0 Å². The van der Waals surface area contributed by atoms with Crippen LogP contribution in [-0.2, 0) is 0 Å². The molecule has 0 aromatic rings. The Morgan fingerprint density at radius 1 is 0.895 bits per heavy atom. The third-order valence-electron chi connectivity index (χ3n) is 4.50. The minimum atomic E-state index is 0.551. The molecule has 0 saturated heterocycles. The van der Waals surface area contributed by atoms with E-state index < -0.39 is 0 Å². The monoisotopic (exact) mass is 246 g/mol. The molecule has 0 N–H and O–H groups in total. The average molecular weight is 246 g/mol. The Balaban J connectivity index is 1.90. The first kappa shape index (κ1) is 11.0. The Bertz CT molecular complexity index is 627. The van der Waals surface area contributed by atoms with Crippen molar-refractivity contribution < 1.29 is 0 Å². The van der Waals surface area contributed by atoms with Crippen LogP contribution in [0, 0.1) is 5.92 Å². The van der Waals surface area contributed by atoms with Crippen molar-refractivity contribution in [1.82, 2.24) is 0 Å². The first-order valence-electron chi connectivity index (χ1n) is 7.33. The van der Waals surface area contributed by atoms with Crippen molar-refractivity contribution in [3.8, 4) is 0 Å². The predicted octanol–water partition coefficient (Wildman–Crippen LogP) is 4.96. The second-order valence-electron chi connectivity index (χ2n) is 5.62. The van der Waals surface area contributed by atoms with Gasteiger partial charge in [-0.15, -0.1) is 0 Å². The lowest BCUT2D eigenvalue weighted by Crippen LogP contribution is -1.99. The number of hydrogen-bond donors (Lipinski definition) is 0. The highest BCUT2D eigenvalue weighted by Crippen LogP contribution is 2.49. The van der Waals surface area contributed by atoms with Gasteiger partial charge in [0.15, 0.2) is 0 Å². The highest BCUT2D eigenvalue weighted by molar-refractivity contribution is 5.71. The second-order valence-corrected chi connectivity index (χ2v) is 5.62. The number of allylic oxidation sites excluding steroid dienone is 14. The molecule has 0 heteroatoms. The Hall–Kier alpha value is -1.82. The van der Waals surface area contributed by atoms with Crippen LogP contribution in [0.25, 0.3) is 0 Å². The topological polar surface area (TPSA) is 0 Å². The molecular formula is C19H18. The van der Waals surface area contributed by atoms with Crippen molar-refractivity contribution in [2.75, 3.05) is 0 Å². The number of fused-ring (bicyclic) bond motifs is 2. The highest BCUT2D eigenvalue weighted by atomic mass is 14.4. The Morgan fingerprint density at radius 3 is 2.89 bits per heavy atom. The maximum Gasteiger partial charge on any atom is 0.0252 e. The molecule has 1 unspecified atom stereocenters. The largest absolute Gasteiger partial charge is 0.0839 e. The summed E-state index contributed by atoms with van der Waals surface area (Å²) in [6, 6.07) is 0. The normalized spacial score (nSPS) is 32.2. The van der Waals surface area contributed by atoms with Gasteiger partial charge in [-0.1, -0.05) is 60.3 Å². The van der Waals surface area contributed by atoms with Gasteiger partial charge in [0.2, 0.25) is 0 Å². The minimum absolute atomic E-state index is 0.551. The molecule has 0 heterocycles. The maximum atomic E-state index is 2.39. The Morgan fingerprint density at radius 2 is 1.89 bits per heavy atom. The van der Waals surface area contributed by atoms with E-state index in [9.17, 15) is 0 Å². The zero-order valence-corrected chi connectivity index (χ0v) is 11.1. The van der Waals surface area contributed by atoms with Crippen molar-refractivity contribution in [3.63, 3.8) is 0 Å². The average Bonchev–Trinajstić information content (AvgIpc) is 2.84. The molecule has 0 amide bonds. The fraction of sp³-hybridized carbons (Fsp3) is 0.263. The summed E-state index contributed by atoms with van der Waals surface area (Å²) in [5.74, 6) is 0.551. The van der Waals surface area contributed by atoms with E-state index in [0.29, 0.717) is 5.92 Å². The van der Waals surface area contributed by atoms with Crippen molar-refractivity contribution in [2.24, 2.45) is 5.92 Å². The lowest BCUT2D eigenvalue weighted by molar-refractivity contribution is 0.705. The summed E-state index contributed by atoms with van der Waals surface area (Å²) >= 11 is 0. The molecule has 4 aliphatic carbocycles. The zero-order valence-electron chi connectivity index (χ0n) is 11.1. The van der Waals surface area contributed by atoms with E-state index in [1.165, 1.54) is 48.0 Å². The van der Waals surface area contributed by atoms with E-state index in [4.69, 9.17) is 0 Å². The maximum absolute atomic E-state index is 2.39. The standard InChI is InChI=1S/C19H18/c1-2-6-10-16-15(9-5-1)17-11-7-3-4-8-14-12-13-18(16)19(14)17/h3-5,7-9,11-13,18H,1-2,6,10H2/b4-3?,7-3?,8-4?,9-5-,11-7?,14-8-,17-11?. The van der Waals surface area contributed by atoms with Crippen LogP contribution in [-0.4, -0.2) is 0 Å². The van der Waals surface area contributed by atoms with Crippen LogP contribution in [0.2, 0.25) is 0 Å². The molecule has 4 aliphatic rings. The Kier molecular flexibility index (Phi) is 2.55. The summed E-state index contributed by atoms with van der Waals surface area (Å²) in [6.45, 7) is 0. The first-order valence-corrected chi connectivity index (χ1v) is 7.33. The van der Waals surface area contributed by atoms with Gasteiger partial charge in [-0.3, -0.25) is 0 Å². The van der Waals surface area contributed by atoms with Crippen LogP contribution in [0.15, 0.2) is 82.5 Å². The fourth-order valence-corrected chi connectivity index (χ4v) is 3.63. The molecule has 94 valence electrons. The van der Waals surface area contributed by atoms with Gasteiger partial charge in [0, 0.05) is 5.92 Å². The van der Waals surface area contributed by atoms with Gasteiger partial charge >= 0.3 is 0 Å². The molecule has 0 aromatic carbocycles. The summed E-state index contributed by atoms with van der Waals surface area (Å²) in [5, 5.41) is 0. The van der Waals surface area contributed by atoms with E-state index in [-0.39, 0.29) is 0 Å². The summed E-state index contributed by atoms with van der Waals surface area (Å²) in [7, 11) is 0. The number of hydrogen-bond acceptors (Lipinski definition) is 0. The zero-order chi connectivity index (χ0) is 12.7. The van der Waals surface area contributed by atoms with Crippen molar-refractivity contribution in [1.29, 1.82) is 0 Å². The lowest BCUT2D eigenvalue weighted by atomic mass is 9.91. The molecule has 0 nitrogen and oxygen atoms in total. The molecule has 1 atom stereocenters. The molecule has 0 radical (unpaired) electrons. The minimum Gasteiger partial charge on any atom is -0.0839 e. The molecule has 4 rings (SSSR count). The van der Waals surface area contributed by atoms with Crippen LogP contribution < -0.4 is 0 Å². The molecular weight excluding hydrogens is 228 g/mol. The van der Waals surface area contributed by atoms with Gasteiger partial charge < -0.3 is 0 Å². The summed E-state index contributed by atoms with van der Waals surface area (Å²) in [5.41, 5.74) is 7.55. The van der Waals surface area contributed by atoms with E-state index >= 15 is 0 Å². The Labute approximate surface area is 114 Å². The summed E-state index contributed by atoms with van der Waals surface area (Å²) < 4.78 is 0. The van der Waals surface area contributed by atoms with Crippen LogP contribution in [0.1, 0.15) is 25.7 Å². The van der Waals surface area contributed by atoms with Gasteiger partial charge in [-0.25, -0.2) is 0 Å². The van der Waals surface area contributed by atoms with Crippen molar-refractivity contribution in [2.45, 2.75) is 25.7 Å².